The van der Waals surface area contributed by atoms with Gasteiger partial charge in [0.15, 0.2) is 11.6 Å². The van der Waals surface area contributed by atoms with Gasteiger partial charge in [0.05, 0.1) is 23.0 Å². The highest BCUT2D eigenvalue weighted by Crippen LogP contribution is 2.26. The van der Waals surface area contributed by atoms with Crippen LogP contribution in [0.5, 0.6) is 5.75 Å². The van der Waals surface area contributed by atoms with E-state index in [4.69, 9.17) is 11.6 Å². The topological polar surface area (TPSA) is 107 Å². The second-order valence-electron chi connectivity index (χ2n) is 7.50. The van der Waals surface area contributed by atoms with E-state index in [1.165, 1.54) is 36.5 Å². The molecule has 0 radical (unpaired) electrons. The van der Waals surface area contributed by atoms with E-state index in [1.54, 1.807) is 18.3 Å². The van der Waals surface area contributed by atoms with Crippen LogP contribution in [0.3, 0.4) is 0 Å². The molecule has 0 bridgehead atoms. The number of aromatic amines is 1. The number of phenolic OH excluding ortho intramolecular Hbond substituents is 1. The van der Waals surface area contributed by atoms with Crippen molar-refractivity contribution in [1.82, 2.24) is 20.6 Å². The van der Waals surface area contributed by atoms with Gasteiger partial charge in [-0.2, -0.15) is 0 Å². The van der Waals surface area contributed by atoms with E-state index in [1.807, 2.05) is 0 Å². The van der Waals surface area contributed by atoms with Crippen molar-refractivity contribution in [2.45, 2.75) is 12.5 Å². The summed E-state index contributed by atoms with van der Waals surface area (Å²) in [5, 5.41) is 15.7. The van der Waals surface area contributed by atoms with Crippen LogP contribution in [0.1, 0.15) is 27.5 Å². The number of carbonyl (C=O) groups excluding carboxylic acids is 2. The van der Waals surface area contributed by atoms with Gasteiger partial charge in [-0.25, -0.2) is 13.8 Å². The molecule has 1 atom stereocenters. The molecule has 0 aliphatic rings. The number of aromatic hydroxyl groups is 1. The molecule has 174 valence electrons. The summed E-state index contributed by atoms with van der Waals surface area (Å²) in [5.74, 6) is -3.59. The van der Waals surface area contributed by atoms with Gasteiger partial charge >= 0.3 is 0 Å². The first-order chi connectivity index (χ1) is 16.3. The van der Waals surface area contributed by atoms with E-state index in [9.17, 15) is 23.5 Å². The van der Waals surface area contributed by atoms with Gasteiger partial charge in [-0.15, -0.1) is 0 Å². The molecule has 0 aliphatic carbocycles. The van der Waals surface area contributed by atoms with E-state index in [0.29, 0.717) is 21.6 Å². The summed E-state index contributed by atoms with van der Waals surface area (Å²) in [7, 11) is 0. The maximum Gasteiger partial charge on any atom is 0.254 e. The lowest BCUT2D eigenvalue weighted by atomic mass is 10.0. The molecule has 2 aromatic carbocycles. The summed E-state index contributed by atoms with van der Waals surface area (Å²) in [6, 6.07) is 10.1. The summed E-state index contributed by atoms with van der Waals surface area (Å²) >= 11 is 6.24. The molecule has 10 heteroatoms. The molecule has 4 aromatic rings. The van der Waals surface area contributed by atoms with Crippen molar-refractivity contribution in [1.29, 1.82) is 0 Å². The summed E-state index contributed by atoms with van der Waals surface area (Å²) < 4.78 is 28.6. The minimum Gasteiger partial charge on any atom is -0.505 e. The van der Waals surface area contributed by atoms with Crippen molar-refractivity contribution >= 4 is 34.4 Å². The number of nitrogens with one attached hydrogen (secondary N) is 3. The fourth-order valence-electron chi connectivity index (χ4n) is 3.62. The molecule has 0 saturated heterocycles. The fraction of sp³-hybridized carbons (Fsp3) is 0.125. The van der Waals surface area contributed by atoms with Crippen LogP contribution in [0.15, 0.2) is 60.9 Å². The van der Waals surface area contributed by atoms with Crippen molar-refractivity contribution in [2.24, 2.45) is 0 Å². The standard InChI is InChI=1S/C24H19ClF2N4O3/c25-16-8-9-28-23-21(16)13(11-29-23)10-20(33)31-18(14-4-1-2-6-17(14)26)12-30-24(34)15-5-3-7-19(32)22(15)27/h1-9,11,18,32H,10,12H2,(H,28,29)(H,30,34)(H,31,33). The molecular formula is C24H19ClF2N4O3. The Bertz CT molecular complexity index is 1380. The Labute approximate surface area is 197 Å². The van der Waals surface area contributed by atoms with Gasteiger partial charge in [0.1, 0.15) is 11.5 Å². The molecule has 34 heavy (non-hydrogen) atoms. The van der Waals surface area contributed by atoms with Crippen LogP contribution < -0.4 is 10.6 Å². The van der Waals surface area contributed by atoms with Crippen LogP contribution in [-0.4, -0.2) is 33.4 Å². The van der Waals surface area contributed by atoms with Gasteiger partial charge in [-0.3, -0.25) is 9.59 Å². The monoisotopic (exact) mass is 484 g/mol. The largest absolute Gasteiger partial charge is 0.505 e. The normalized spacial score (nSPS) is 11.9. The van der Waals surface area contributed by atoms with Crippen molar-refractivity contribution in [3.63, 3.8) is 0 Å². The second kappa shape index (κ2) is 9.88. The average molecular weight is 485 g/mol. The lowest BCUT2D eigenvalue weighted by Gasteiger charge is -2.20. The zero-order valence-corrected chi connectivity index (χ0v) is 18.4. The van der Waals surface area contributed by atoms with Crippen LogP contribution in [-0.2, 0) is 11.2 Å². The number of fused-ring (bicyclic) bond motifs is 1. The number of benzene rings is 2. The minimum atomic E-state index is -1.07. The lowest BCUT2D eigenvalue weighted by Crippen LogP contribution is -2.39. The predicted octanol–water partition coefficient (Wildman–Crippen LogP) is 4.03. The van der Waals surface area contributed by atoms with E-state index in [2.05, 4.69) is 20.6 Å². The third-order valence-corrected chi connectivity index (χ3v) is 5.58. The molecule has 0 saturated carbocycles. The minimum absolute atomic E-state index is 0.0779. The second-order valence-corrected chi connectivity index (χ2v) is 7.90. The van der Waals surface area contributed by atoms with Gasteiger partial charge in [0.25, 0.3) is 5.91 Å². The maximum absolute atomic E-state index is 14.5. The molecule has 0 spiro atoms. The van der Waals surface area contributed by atoms with Gasteiger partial charge in [0, 0.05) is 29.9 Å². The number of H-pyrrole nitrogens is 1. The van der Waals surface area contributed by atoms with Crippen molar-refractivity contribution < 1.29 is 23.5 Å². The molecular weight excluding hydrogens is 466 g/mol. The zero-order valence-electron chi connectivity index (χ0n) is 17.6. The smallest absolute Gasteiger partial charge is 0.254 e. The zero-order chi connectivity index (χ0) is 24.2. The summed E-state index contributed by atoms with van der Waals surface area (Å²) in [5.41, 5.74) is 0.899. The number of amides is 2. The van der Waals surface area contributed by atoms with E-state index < -0.39 is 35.2 Å². The number of hydrogen-bond donors (Lipinski definition) is 4. The molecule has 0 fully saturated rings. The lowest BCUT2D eigenvalue weighted by molar-refractivity contribution is -0.121. The Morgan fingerprint density at radius 2 is 1.91 bits per heavy atom. The quantitative estimate of drug-likeness (QED) is 0.317. The molecule has 2 heterocycles. The molecule has 2 amide bonds. The van der Waals surface area contributed by atoms with Crippen molar-refractivity contribution in [2.75, 3.05) is 6.54 Å². The first-order valence-electron chi connectivity index (χ1n) is 10.2. The summed E-state index contributed by atoms with van der Waals surface area (Å²) in [6.45, 7) is -0.225. The summed E-state index contributed by atoms with van der Waals surface area (Å²) in [4.78, 5) is 32.4. The number of carbonyl (C=O) groups is 2. The van der Waals surface area contributed by atoms with Gasteiger partial charge in [-0.1, -0.05) is 35.9 Å². The Balaban J connectivity index is 1.53. The number of aromatic nitrogens is 2. The predicted molar refractivity (Wildman–Crippen MR) is 122 cm³/mol. The van der Waals surface area contributed by atoms with Gasteiger partial charge < -0.3 is 20.7 Å². The molecule has 1 unspecified atom stereocenters. The molecule has 7 nitrogen and oxygen atoms in total. The molecule has 4 rings (SSSR count). The Morgan fingerprint density at radius 1 is 1.12 bits per heavy atom. The maximum atomic E-state index is 14.5. The van der Waals surface area contributed by atoms with Crippen LogP contribution >= 0.6 is 11.6 Å². The Morgan fingerprint density at radius 3 is 2.71 bits per heavy atom. The number of rotatable bonds is 7. The van der Waals surface area contributed by atoms with Gasteiger partial charge in [0.2, 0.25) is 5.91 Å². The van der Waals surface area contributed by atoms with E-state index in [-0.39, 0.29) is 24.1 Å². The number of phenols is 1. The first kappa shape index (κ1) is 23.2. The van der Waals surface area contributed by atoms with Gasteiger partial charge in [-0.05, 0) is 29.8 Å². The van der Waals surface area contributed by atoms with E-state index >= 15 is 0 Å². The highest BCUT2D eigenvalue weighted by atomic mass is 35.5. The third kappa shape index (κ3) is 4.84. The highest BCUT2D eigenvalue weighted by Gasteiger charge is 2.22. The summed E-state index contributed by atoms with van der Waals surface area (Å²) in [6.07, 6.45) is 3.08. The fourth-order valence-corrected chi connectivity index (χ4v) is 3.89. The van der Waals surface area contributed by atoms with Crippen LogP contribution in [0.4, 0.5) is 8.78 Å². The number of nitrogens with zero attached hydrogens (tertiary/aromatic N) is 1. The average Bonchev–Trinajstić information content (AvgIpc) is 3.22. The molecule has 4 N–H and O–H groups in total. The van der Waals surface area contributed by atoms with Crippen molar-refractivity contribution in [3.05, 3.63) is 94.3 Å². The Kier molecular flexibility index (Phi) is 6.74. The number of hydrogen-bond acceptors (Lipinski definition) is 4. The number of halogens is 3. The number of pyridine rings is 1. The van der Waals surface area contributed by atoms with Crippen LogP contribution in [0, 0.1) is 11.6 Å². The highest BCUT2D eigenvalue weighted by molar-refractivity contribution is 6.35. The molecule has 2 aromatic heterocycles. The molecule has 0 aliphatic heterocycles. The van der Waals surface area contributed by atoms with Crippen LogP contribution in [0.2, 0.25) is 5.02 Å². The Hall–Kier alpha value is -3.98. The van der Waals surface area contributed by atoms with E-state index in [0.717, 1.165) is 6.07 Å². The first-order valence-corrected chi connectivity index (χ1v) is 10.6. The SMILES string of the molecule is O=C(Cc1c[nH]c2nccc(Cl)c12)NC(CNC(=O)c1cccc(O)c1F)c1ccccc1F. The van der Waals surface area contributed by atoms with Crippen LogP contribution in [0.25, 0.3) is 11.0 Å². The van der Waals surface area contributed by atoms with Crippen molar-refractivity contribution in [3.8, 4) is 5.75 Å². The third-order valence-electron chi connectivity index (χ3n) is 5.26.